The van der Waals surface area contributed by atoms with Gasteiger partial charge in [-0.3, -0.25) is 9.36 Å². The van der Waals surface area contributed by atoms with E-state index in [1.807, 2.05) is 13.2 Å². The maximum Gasteiger partial charge on any atom is 0.273 e. The predicted molar refractivity (Wildman–Crippen MR) is 107 cm³/mol. The topological polar surface area (TPSA) is 61.9 Å². The molecule has 0 aliphatic carbocycles. The summed E-state index contributed by atoms with van der Waals surface area (Å²) >= 11 is 1.73. The second kappa shape index (κ2) is 8.41. The Morgan fingerprint density at radius 3 is 2.42 bits per heavy atom. The van der Waals surface area contributed by atoms with Crippen LogP contribution in [0.1, 0.15) is 29.4 Å². The normalized spacial score (nSPS) is 13.8. The first-order chi connectivity index (χ1) is 12.7. The minimum Gasteiger partial charge on any atom is -0.355 e. The van der Waals surface area contributed by atoms with Gasteiger partial charge >= 0.3 is 0 Å². The summed E-state index contributed by atoms with van der Waals surface area (Å²) in [5, 5.41) is 9.63. The summed E-state index contributed by atoms with van der Waals surface area (Å²) < 4.78 is 1.64. The zero-order chi connectivity index (χ0) is 18.5. The number of benzene rings is 1. The number of nitrogens with zero attached hydrogens (tertiary/aromatic N) is 4. The molecule has 0 amide bonds. The monoisotopic (exact) mass is 368 g/mol. The lowest BCUT2D eigenvalue weighted by atomic mass is 10.0. The minimum absolute atomic E-state index is 0.172. The molecule has 0 N–H and O–H groups in total. The van der Waals surface area contributed by atoms with Gasteiger partial charge in [0.2, 0.25) is 0 Å². The SMILES string of the molecule is CCn1c(CCSC)nc(N2CCc3ccccc3CC2)c(C#N)c1=O. The summed E-state index contributed by atoms with van der Waals surface area (Å²) in [5.74, 6) is 2.25. The van der Waals surface area contributed by atoms with Crippen LogP contribution >= 0.6 is 11.8 Å². The van der Waals surface area contributed by atoms with Crippen LogP contribution in [-0.2, 0) is 25.8 Å². The molecule has 0 spiro atoms. The van der Waals surface area contributed by atoms with E-state index in [0.29, 0.717) is 12.4 Å². The third-order valence-corrected chi connectivity index (χ3v) is 5.52. The molecule has 1 aromatic heterocycles. The molecule has 1 aliphatic rings. The van der Waals surface area contributed by atoms with Crippen LogP contribution in [0.2, 0.25) is 0 Å². The van der Waals surface area contributed by atoms with E-state index in [-0.39, 0.29) is 11.1 Å². The number of aromatic nitrogens is 2. The average Bonchev–Trinajstić information content (AvgIpc) is 2.88. The molecule has 26 heavy (non-hydrogen) atoms. The largest absolute Gasteiger partial charge is 0.355 e. The predicted octanol–water partition coefficient (Wildman–Crippen LogP) is 2.65. The minimum atomic E-state index is -0.210. The molecule has 1 aromatic carbocycles. The van der Waals surface area contributed by atoms with Crippen molar-refractivity contribution in [2.45, 2.75) is 32.7 Å². The molecule has 0 radical (unpaired) electrons. The highest BCUT2D eigenvalue weighted by Gasteiger charge is 2.22. The molecule has 6 heteroatoms. The third kappa shape index (κ3) is 3.63. The van der Waals surface area contributed by atoms with Gasteiger partial charge in [0.15, 0.2) is 11.4 Å². The van der Waals surface area contributed by atoms with Crippen molar-refractivity contribution in [2.24, 2.45) is 0 Å². The molecule has 2 aromatic rings. The number of hydrogen-bond acceptors (Lipinski definition) is 5. The van der Waals surface area contributed by atoms with E-state index in [0.717, 1.165) is 43.9 Å². The number of hydrogen-bond donors (Lipinski definition) is 0. The molecule has 2 heterocycles. The Morgan fingerprint density at radius 2 is 1.88 bits per heavy atom. The van der Waals surface area contributed by atoms with Gasteiger partial charge in [0.05, 0.1) is 0 Å². The molecule has 0 unspecified atom stereocenters. The zero-order valence-corrected chi connectivity index (χ0v) is 16.2. The Labute approximate surface area is 158 Å². The van der Waals surface area contributed by atoms with E-state index >= 15 is 0 Å². The Morgan fingerprint density at radius 1 is 1.23 bits per heavy atom. The Balaban J connectivity index is 2.00. The van der Waals surface area contributed by atoms with E-state index < -0.39 is 0 Å². The van der Waals surface area contributed by atoms with Gasteiger partial charge in [0.25, 0.3) is 5.56 Å². The van der Waals surface area contributed by atoms with Crippen LogP contribution in [0.4, 0.5) is 5.82 Å². The summed E-state index contributed by atoms with van der Waals surface area (Å²) in [6, 6.07) is 10.6. The number of thioether (sulfide) groups is 1. The molecule has 0 saturated carbocycles. The van der Waals surface area contributed by atoms with E-state index in [4.69, 9.17) is 4.98 Å². The number of aryl methyl sites for hydroxylation is 1. The molecule has 0 bridgehead atoms. The van der Waals surface area contributed by atoms with Crippen LogP contribution in [0, 0.1) is 11.3 Å². The molecular weight excluding hydrogens is 344 g/mol. The number of anilines is 1. The molecule has 0 atom stereocenters. The van der Waals surface area contributed by atoms with E-state index in [2.05, 4.69) is 35.2 Å². The number of fused-ring (bicyclic) bond motifs is 1. The molecule has 5 nitrogen and oxygen atoms in total. The third-order valence-electron chi connectivity index (χ3n) is 4.91. The van der Waals surface area contributed by atoms with E-state index in [1.165, 1.54) is 11.1 Å². The van der Waals surface area contributed by atoms with Crippen molar-refractivity contribution in [1.29, 1.82) is 5.26 Å². The first-order valence-electron chi connectivity index (χ1n) is 9.04. The van der Waals surface area contributed by atoms with Crippen LogP contribution in [0.25, 0.3) is 0 Å². The van der Waals surface area contributed by atoms with Gasteiger partial charge in [-0.1, -0.05) is 24.3 Å². The fraction of sp³-hybridized carbons (Fsp3) is 0.450. The highest BCUT2D eigenvalue weighted by atomic mass is 32.2. The van der Waals surface area contributed by atoms with Gasteiger partial charge in [0, 0.05) is 31.8 Å². The lowest BCUT2D eigenvalue weighted by molar-refractivity contribution is 0.644. The zero-order valence-electron chi connectivity index (χ0n) is 15.4. The van der Waals surface area contributed by atoms with Crippen LogP contribution in [-0.4, -0.2) is 34.6 Å². The van der Waals surface area contributed by atoms with Gasteiger partial charge < -0.3 is 4.90 Å². The van der Waals surface area contributed by atoms with E-state index in [1.54, 1.807) is 16.3 Å². The van der Waals surface area contributed by atoms with Gasteiger partial charge in [-0.25, -0.2) is 4.98 Å². The van der Waals surface area contributed by atoms with Crippen molar-refractivity contribution in [3.63, 3.8) is 0 Å². The Hall–Kier alpha value is -2.26. The summed E-state index contributed by atoms with van der Waals surface area (Å²) in [6.07, 6.45) is 4.58. The smallest absolute Gasteiger partial charge is 0.273 e. The highest BCUT2D eigenvalue weighted by molar-refractivity contribution is 7.98. The number of nitriles is 1. The van der Waals surface area contributed by atoms with Crippen molar-refractivity contribution in [2.75, 3.05) is 30.0 Å². The van der Waals surface area contributed by atoms with Crippen LogP contribution in [0.3, 0.4) is 0 Å². The first kappa shape index (κ1) is 18.5. The fourth-order valence-electron chi connectivity index (χ4n) is 3.50. The Bertz CT molecular complexity index is 857. The molecule has 3 rings (SSSR count). The van der Waals surface area contributed by atoms with Crippen LogP contribution < -0.4 is 10.5 Å². The van der Waals surface area contributed by atoms with Gasteiger partial charge in [0.1, 0.15) is 11.9 Å². The average molecular weight is 369 g/mol. The van der Waals surface area contributed by atoms with E-state index in [9.17, 15) is 10.1 Å². The molecule has 0 saturated heterocycles. The Kier molecular flexibility index (Phi) is 6.00. The van der Waals surface area contributed by atoms with Crippen molar-refractivity contribution >= 4 is 17.6 Å². The molecular formula is C20H24N4OS. The molecule has 136 valence electrons. The summed E-state index contributed by atoms with van der Waals surface area (Å²) in [7, 11) is 0. The maximum atomic E-state index is 12.8. The second-order valence-electron chi connectivity index (χ2n) is 6.39. The maximum absolute atomic E-state index is 12.8. The van der Waals surface area contributed by atoms with Gasteiger partial charge in [-0.2, -0.15) is 17.0 Å². The summed E-state index contributed by atoms with van der Waals surface area (Å²) in [4.78, 5) is 19.8. The van der Waals surface area contributed by atoms with Crippen LogP contribution in [0.5, 0.6) is 0 Å². The highest BCUT2D eigenvalue weighted by Crippen LogP contribution is 2.22. The van der Waals surface area contributed by atoms with Crippen molar-refractivity contribution in [1.82, 2.24) is 9.55 Å². The number of rotatable bonds is 5. The fourth-order valence-corrected chi connectivity index (χ4v) is 3.89. The lowest BCUT2D eigenvalue weighted by Crippen LogP contribution is -2.34. The quantitative estimate of drug-likeness (QED) is 0.812. The van der Waals surface area contributed by atoms with Crippen LogP contribution in [0.15, 0.2) is 29.1 Å². The van der Waals surface area contributed by atoms with Crippen molar-refractivity contribution < 1.29 is 0 Å². The van der Waals surface area contributed by atoms with Gasteiger partial charge in [-0.15, -0.1) is 0 Å². The summed E-state index contributed by atoms with van der Waals surface area (Å²) in [6.45, 7) is 4.01. The second-order valence-corrected chi connectivity index (χ2v) is 7.37. The first-order valence-corrected chi connectivity index (χ1v) is 10.4. The molecule has 1 aliphatic heterocycles. The van der Waals surface area contributed by atoms with Crippen molar-refractivity contribution in [3.05, 3.63) is 57.1 Å². The van der Waals surface area contributed by atoms with Gasteiger partial charge in [-0.05, 0) is 37.1 Å². The molecule has 0 fully saturated rings. The standard InChI is InChI=1S/C20H24N4OS/c1-3-24-18(10-13-26-2)22-19(17(14-21)20(24)25)23-11-8-15-6-4-5-7-16(15)9-12-23/h4-7H,3,8-13H2,1-2H3. The lowest BCUT2D eigenvalue weighted by Gasteiger charge is -2.24. The summed E-state index contributed by atoms with van der Waals surface area (Å²) in [5.41, 5.74) is 2.65. The van der Waals surface area contributed by atoms with Crippen molar-refractivity contribution in [3.8, 4) is 6.07 Å².